The number of ether oxygens (including phenoxy) is 1. The van der Waals surface area contributed by atoms with E-state index in [-0.39, 0.29) is 28.8 Å². The van der Waals surface area contributed by atoms with E-state index in [2.05, 4.69) is 62.1 Å². The fourth-order valence-corrected chi connectivity index (χ4v) is 5.70. The van der Waals surface area contributed by atoms with Gasteiger partial charge < -0.3 is 20.1 Å². The van der Waals surface area contributed by atoms with Crippen LogP contribution in [0.2, 0.25) is 0 Å². The van der Waals surface area contributed by atoms with Gasteiger partial charge in [0.25, 0.3) is 5.91 Å². The Morgan fingerprint density at radius 3 is 2.68 bits per heavy atom. The highest BCUT2D eigenvalue weighted by atomic mass is 16.5. The molecule has 2 aromatic rings. The van der Waals surface area contributed by atoms with E-state index >= 15 is 0 Å². The number of rotatable bonds is 8. The maximum atomic E-state index is 13.0. The number of allylic oxidation sites excluding steroid dienone is 2. The molecule has 2 aliphatic rings. The van der Waals surface area contributed by atoms with Crippen LogP contribution in [-0.2, 0) is 10.3 Å². The van der Waals surface area contributed by atoms with Gasteiger partial charge in [-0.2, -0.15) is 5.26 Å². The number of anilines is 1. The second-order valence-electron chi connectivity index (χ2n) is 11.8. The van der Waals surface area contributed by atoms with E-state index in [0.717, 1.165) is 42.4 Å². The standard InChI is InChI=1S/C31H40N4O3/c1-7-20(2)31(37,21(3)30(6)13-8-16-38-30)23-9-10-26(35-28(36)27-33-19-24(18-32)34-27)25(17-23)22-11-14-29(4,5)15-12-22/h8-11,13,17,19-21,37H,7,12,14-16H2,1-6H3,(H,33,34)(H,35,36)/t20-,21+,30-,31-/m1/s1. The van der Waals surface area contributed by atoms with Crippen LogP contribution in [0.25, 0.3) is 5.57 Å². The lowest BCUT2D eigenvalue weighted by Crippen LogP contribution is -2.50. The van der Waals surface area contributed by atoms with Gasteiger partial charge in [-0.05, 0) is 60.8 Å². The number of aliphatic hydroxyl groups is 1. The molecule has 4 atom stereocenters. The van der Waals surface area contributed by atoms with Crippen LogP contribution in [0.3, 0.4) is 0 Å². The van der Waals surface area contributed by atoms with E-state index in [4.69, 9.17) is 10.00 Å². The number of benzene rings is 1. The van der Waals surface area contributed by atoms with Gasteiger partial charge in [0.1, 0.15) is 11.8 Å². The molecule has 7 heteroatoms. The van der Waals surface area contributed by atoms with Crippen molar-refractivity contribution in [3.05, 3.63) is 65.3 Å². The molecule has 2 heterocycles. The summed E-state index contributed by atoms with van der Waals surface area (Å²) in [7, 11) is 0. The van der Waals surface area contributed by atoms with E-state index < -0.39 is 17.1 Å². The summed E-state index contributed by atoms with van der Waals surface area (Å²) in [6.07, 6.45) is 11.3. The van der Waals surface area contributed by atoms with Crippen molar-refractivity contribution >= 4 is 17.2 Å². The van der Waals surface area contributed by atoms with E-state index in [1.54, 1.807) is 0 Å². The summed E-state index contributed by atoms with van der Waals surface area (Å²) in [6, 6.07) is 7.81. The lowest BCUT2D eigenvalue weighted by atomic mass is 9.66. The van der Waals surface area contributed by atoms with Crippen molar-refractivity contribution in [3.8, 4) is 6.07 Å². The van der Waals surface area contributed by atoms with Crippen LogP contribution in [0, 0.1) is 28.6 Å². The van der Waals surface area contributed by atoms with Crippen molar-refractivity contribution in [2.75, 3.05) is 11.9 Å². The molecule has 7 nitrogen and oxygen atoms in total. The third-order valence-electron chi connectivity index (χ3n) is 8.78. The molecular formula is C31H40N4O3. The highest BCUT2D eigenvalue weighted by Gasteiger charge is 2.49. The molecule has 0 saturated heterocycles. The third kappa shape index (κ3) is 5.21. The van der Waals surface area contributed by atoms with Gasteiger partial charge in [-0.3, -0.25) is 4.79 Å². The first kappa shape index (κ1) is 27.8. The van der Waals surface area contributed by atoms with Gasteiger partial charge in [0.2, 0.25) is 0 Å². The number of aromatic amines is 1. The lowest BCUT2D eigenvalue weighted by molar-refractivity contribution is -0.138. The molecule has 0 fully saturated rings. The summed E-state index contributed by atoms with van der Waals surface area (Å²) in [5.74, 6) is -0.589. The zero-order valence-electron chi connectivity index (χ0n) is 23.4. The second-order valence-corrected chi connectivity index (χ2v) is 11.8. The molecule has 0 bridgehead atoms. The van der Waals surface area contributed by atoms with Gasteiger partial charge in [-0.25, -0.2) is 4.98 Å². The molecule has 4 rings (SSSR count). The monoisotopic (exact) mass is 516 g/mol. The Bertz CT molecular complexity index is 1300. The molecule has 1 aromatic heterocycles. The van der Waals surface area contributed by atoms with Crippen molar-refractivity contribution in [2.24, 2.45) is 17.3 Å². The molecule has 1 amide bonds. The fourth-order valence-electron chi connectivity index (χ4n) is 5.70. The molecule has 0 radical (unpaired) electrons. The zero-order chi connectivity index (χ0) is 27.7. The summed E-state index contributed by atoms with van der Waals surface area (Å²) in [5.41, 5.74) is 2.23. The van der Waals surface area contributed by atoms with Gasteiger partial charge in [-0.15, -0.1) is 0 Å². The van der Waals surface area contributed by atoms with E-state index in [1.807, 2.05) is 37.3 Å². The topological polar surface area (TPSA) is 111 Å². The number of amides is 1. The summed E-state index contributed by atoms with van der Waals surface area (Å²) in [6.45, 7) is 13.3. The molecule has 0 saturated carbocycles. The zero-order valence-corrected chi connectivity index (χ0v) is 23.4. The first-order chi connectivity index (χ1) is 17.9. The highest BCUT2D eigenvalue weighted by molar-refractivity contribution is 6.03. The molecule has 1 aliphatic carbocycles. The quantitative estimate of drug-likeness (QED) is 0.354. The Balaban J connectivity index is 1.80. The minimum Gasteiger partial charge on any atom is -0.384 e. The van der Waals surface area contributed by atoms with Crippen molar-refractivity contribution in [2.45, 2.75) is 78.4 Å². The third-order valence-corrected chi connectivity index (χ3v) is 8.78. The Morgan fingerprint density at radius 2 is 2.11 bits per heavy atom. The molecule has 0 spiro atoms. The molecule has 1 aromatic carbocycles. The summed E-state index contributed by atoms with van der Waals surface area (Å²) in [4.78, 5) is 19.8. The van der Waals surface area contributed by atoms with Gasteiger partial charge in [0.05, 0.1) is 24.0 Å². The number of carbonyl (C=O) groups is 1. The Labute approximate surface area is 226 Å². The fraction of sp³-hybridized carbons (Fsp3) is 0.516. The number of hydrogen-bond donors (Lipinski definition) is 3. The number of nitriles is 1. The summed E-state index contributed by atoms with van der Waals surface area (Å²) in [5, 5.41) is 24.6. The smallest absolute Gasteiger partial charge is 0.291 e. The molecule has 3 N–H and O–H groups in total. The summed E-state index contributed by atoms with van der Waals surface area (Å²) < 4.78 is 6.10. The van der Waals surface area contributed by atoms with Crippen LogP contribution in [-0.4, -0.2) is 33.2 Å². The van der Waals surface area contributed by atoms with Crippen LogP contribution in [0.5, 0.6) is 0 Å². The van der Waals surface area contributed by atoms with Gasteiger partial charge in [-0.1, -0.05) is 65.3 Å². The average Bonchev–Trinajstić information content (AvgIpc) is 3.57. The number of carbonyl (C=O) groups excluding carboxylic acids is 1. The second kappa shape index (κ2) is 10.5. The van der Waals surface area contributed by atoms with Crippen molar-refractivity contribution in [1.29, 1.82) is 5.26 Å². The van der Waals surface area contributed by atoms with Crippen LogP contribution in [0.1, 0.15) is 94.7 Å². The normalized spacial score (nSPS) is 23.7. The maximum Gasteiger partial charge on any atom is 0.291 e. The highest BCUT2D eigenvalue weighted by Crippen LogP contribution is 2.48. The number of imidazole rings is 1. The SMILES string of the molecule is CC[C@@H](C)[C@](O)(c1ccc(NC(=O)c2ncc(C#N)[nH]2)c(C2=CCC(C)(C)CC2)c1)[C@@H](C)[C@@]1(C)C=CCO1. The summed E-state index contributed by atoms with van der Waals surface area (Å²) >= 11 is 0. The van der Waals surface area contributed by atoms with Crippen LogP contribution in [0.15, 0.2) is 42.6 Å². The predicted molar refractivity (Wildman–Crippen MR) is 149 cm³/mol. The number of aromatic nitrogens is 2. The molecule has 202 valence electrons. The lowest BCUT2D eigenvalue weighted by Gasteiger charge is -2.46. The van der Waals surface area contributed by atoms with Crippen molar-refractivity contribution in [1.82, 2.24) is 9.97 Å². The first-order valence-corrected chi connectivity index (χ1v) is 13.6. The van der Waals surface area contributed by atoms with E-state index in [1.165, 1.54) is 6.20 Å². The molecular weight excluding hydrogens is 476 g/mol. The number of nitrogens with zero attached hydrogens (tertiary/aromatic N) is 2. The van der Waals surface area contributed by atoms with Gasteiger partial charge in [0.15, 0.2) is 5.82 Å². The van der Waals surface area contributed by atoms with Crippen LogP contribution < -0.4 is 5.32 Å². The Hall–Kier alpha value is -3.21. The van der Waals surface area contributed by atoms with Crippen LogP contribution >= 0.6 is 0 Å². The molecule has 38 heavy (non-hydrogen) atoms. The Kier molecular flexibility index (Phi) is 7.69. The van der Waals surface area contributed by atoms with E-state index in [0.29, 0.717) is 12.3 Å². The van der Waals surface area contributed by atoms with E-state index in [9.17, 15) is 9.90 Å². The largest absolute Gasteiger partial charge is 0.384 e. The predicted octanol–water partition coefficient (Wildman–Crippen LogP) is 6.34. The van der Waals surface area contributed by atoms with Gasteiger partial charge >= 0.3 is 0 Å². The maximum absolute atomic E-state index is 13.0. The first-order valence-electron chi connectivity index (χ1n) is 13.6. The average molecular weight is 517 g/mol. The molecule has 1 aliphatic heterocycles. The van der Waals surface area contributed by atoms with Gasteiger partial charge in [0, 0.05) is 17.2 Å². The van der Waals surface area contributed by atoms with Crippen LogP contribution in [0.4, 0.5) is 5.69 Å². The number of hydrogen-bond acceptors (Lipinski definition) is 5. The minimum absolute atomic E-state index is 0.0352. The molecule has 0 unspecified atom stereocenters. The number of H-pyrrole nitrogens is 1. The minimum atomic E-state index is -1.16. The van der Waals surface area contributed by atoms with Crippen molar-refractivity contribution in [3.63, 3.8) is 0 Å². The van der Waals surface area contributed by atoms with Crippen molar-refractivity contribution < 1.29 is 14.6 Å². The number of nitrogens with one attached hydrogen (secondary N) is 2. The Morgan fingerprint density at radius 1 is 1.34 bits per heavy atom.